The highest BCUT2D eigenvalue weighted by molar-refractivity contribution is 14.1. The number of amides is 2. The van der Waals surface area contributed by atoms with Crippen LogP contribution in [0.2, 0.25) is 0 Å². The fourth-order valence-electron chi connectivity index (χ4n) is 0.258. The van der Waals surface area contributed by atoms with Gasteiger partial charge in [-0.15, -0.1) is 0 Å². The maximum atomic E-state index is 10.1. The quantitative estimate of drug-likeness (QED) is 0.548. The number of nitrogens with zero attached hydrogens (tertiary/aromatic N) is 2. The zero-order valence-electron chi connectivity index (χ0n) is 3.26. The zero-order chi connectivity index (χ0) is 5.28. The van der Waals surface area contributed by atoms with Crippen LogP contribution in [0.3, 0.4) is 0 Å². The Morgan fingerprint density at radius 3 is 2.57 bits per heavy atom. The van der Waals surface area contributed by atoms with E-state index in [4.69, 9.17) is 0 Å². The van der Waals surface area contributed by atoms with Crippen molar-refractivity contribution in [3.8, 4) is 0 Å². The molecule has 0 radical (unpaired) electrons. The van der Waals surface area contributed by atoms with Crippen molar-refractivity contribution in [1.29, 1.82) is 0 Å². The third-order valence-corrected chi connectivity index (χ3v) is 1.00. The summed E-state index contributed by atoms with van der Waals surface area (Å²) >= 11 is 1.93. The third kappa shape index (κ3) is 1.05. The molecule has 1 aliphatic heterocycles. The molecule has 0 fully saturated rings. The molecule has 0 aromatic heterocycles. The standard InChI is InChI=1S/C3HIN2O/c4-2-1-5-3(7)6-2/h1H. The predicted molar refractivity (Wildman–Crippen MR) is 35.3 cm³/mol. The summed E-state index contributed by atoms with van der Waals surface area (Å²) in [4.78, 5) is 16.8. The van der Waals surface area contributed by atoms with Crippen molar-refractivity contribution in [2.75, 3.05) is 0 Å². The molecule has 0 N–H and O–H groups in total. The van der Waals surface area contributed by atoms with Crippen LogP contribution in [0.1, 0.15) is 0 Å². The fraction of sp³-hybridized carbons (Fsp3) is 0. The average Bonchev–Trinajstić information content (AvgIpc) is 1.87. The van der Waals surface area contributed by atoms with Crippen molar-refractivity contribution < 1.29 is 4.79 Å². The topological polar surface area (TPSA) is 41.8 Å². The van der Waals surface area contributed by atoms with E-state index in [9.17, 15) is 4.79 Å². The van der Waals surface area contributed by atoms with Gasteiger partial charge in [-0.3, -0.25) is 0 Å². The van der Waals surface area contributed by atoms with E-state index in [1.165, 1.54) is 6.21 Å². The molecule has 36 valence electrons. The molecular weight excluding hydrogens is 207 g/mol. The Balaban J connectivity index is 2.88. The molecule has 0 atom stereocenters. The van der Waals surface area contributed by atoms with Crippen LogP contribution in [-0.4, -0.2) is 16.0 Å². The van der Waals surface area contributed by atoms with Crippen LogP contribution >= 0.6 is 22.6 Å². The van der Waals surface area contributed by atoms with E-state index in [1.807, 2.05) is 22.6 Å². The average molecular weight is 208 g/mol. The number of hydrogen-bond acceptors (Lipinski definition) is 1. The molecule has 0 aromatic rings. The fourth-order valence-corrected chi connectivity index (χ4v) is 0.603. The lowest BCUT2D eigenvalue weighted by Crippen LogP contribution is -1.76. The van der Waals surface area contributed by atoms with Crippen LogP contribution in [0.15, 0.2) is 9.98 Å². The number of hydrogen-bond donors (Lipinski definition) is 0. The number of carbonyl (C=O) groups is 1. The first-order valence-corrected chi connectivity index (χ1v) is 2.69. The highest BCUT2D eigenvalue weighted by atomic mass is 127. The number of aliphatic imine (C=N–C) groups is 2. The summed E-state index contributed by atoms with van der Waals surface area (Å²) in [6, 6.07) is -0.399. The van der Waals surface area contributed by atoms with Gasteiger partial charge in [0.15, 0.2) is 0 Å². The zero-order valence-corrected chi connectivity index (χ0v) is 5.42. The van der Waals surface area contributed by atoms with Gasteiger partial charge in [0.1, 0.15) is 3.72 Å². The monoisotopic (exact) mass is 208 g/mol. The lowest BCUT2D eigenvalue weighted by molar-refractivity contribution is 0.257. The van der Waals surface area contributed by atoms with Crippen LogP contribution in [0.25, 0.3) is 0 Å². The normalized spacial score (nSPS) is 17.9. The minimum absolute atomic E-state index is 0.399. The van der Waals surface area contributed by atoms with Crippen LogP contribution in [-0.2, 0) is 0 Å². The molecule has 0 aliphatic carbocycles. The molecule has 0 saturated heterocycles. The van der Waals surface area contributed by atoms with Gasteiger partial charge in [0.2, 0.25) is 0 Å². The summed E-state index contributed by atoms with van der Waals surface area (Å²) in [6.45, 7) is 0. The molecule has 1 heterocycles. The molecule has 1 rings (SSSR count). The predicted octanol–water partition coefficient (Wildman–Crippen LogP) is 1.02. The molecule has 0 bridgehead atoms. The van der Waals surface area contributed by atoms with Gasteiger partial charge in [-0.2, -0.15) is 9.98 Å². The second kappa shape index (κ2) is 1.69. The lowest BCUT2D eigenvalue weighted by atomic mass is 10.8. The molecule has 0 saturated carbocycles. The molecule has 2 amide bonds. The van der Waals surface area contributed by atoms with Crippen molar-refractivity contribution in [2.45, 2.75) is 0 Å². The number of carbonyl (C=O) groups excluding carboxylic acids is 1. The Morgan fingerprint density at radius 1 is 1.71 bits per heavy atom. The summed E-state index contributed by atoms with van der Waals surface area (Å²) in [5, 5.41) is 0. The molecule has 0 unspecified atom stereocenters. The van der Waals surface area contributed by atoms with Crippen LogP contribution in [0, 0.1) is 0 Å². The smallest absolute Gasteiger partial charge is 0.244 e. The van der Waals surface area contributed by atoms with Crippen LogP contribution < -0.4 is 0 Å². The van der Waals surface area contributed by atoms with Gasteiger partial charge in [0.05, 0.1) is 6.21 Å². The summed E-state index contributed by atoms with van der Waals surface area (Å²) in [5.74, 6) is 0. The summed E-state index contributed by atoms with van der Waals surface area (Å²) in [5.41, 5.74) is 0. The Hall–Kier alpha value is -0.260. The number of urea groups is 1. The Bertz CT molecular complexity index is 160. The highest BCUT2D eigenvalue weighted by Crippen LogP contribution is 1.97. The first-order valence-electron chi connectivity index (χ1n) is 1.61. The minimum atomic E-state index is -0.399. The molecule has 3 nitrogen and oxygen atoms in total. The van der Waals surface area contributed by atoms with E-state index in [0.29, 0.717) is 3.72 Å². The highest BCUT2D eigenvalue weighted by Gasteiger charge is 2.01. The number of halogens is 1. The minimum Gasteiger partial charge on any atom is -0.244 e. The van der Waals surface area contributed by atoms with E-state index < -0.39 is 6.03 Å². The molecule has 0 aromatic carbocycles. The largest absolute Gasteiger partial charge is 0.368 e. The van der Waals surface area contributed by atoms with Gasteiger partial charge in [-0.05, 0) is 22.6 Å². The molecule has 1 aliphatic rings. The van der Waals surface area contributed by atoms with E-state index in [1.54, 1.807) is 0 Å². The Morgan fingerprint density at radius 2 is 2.43 bits per heavy atom. The van der Waals surface area contributed by atoms with E-state index >= 15 is 0 Å². The Labute approximate surface area is 53.7 Å². The molecule has 7 heavy (non-hydrogen) atoms. The maximum absolute atomic E-state index is 10.1. The Kier molecular flexibility index (Phi) is 1.18. The van der Waals surface area contributed by atoms with Crippen molar-refractivity contribution >= 4 is 38.6 Å². The van der Waals surface area contributed by atoms with Gasteiger partial charge in [0.25, 0.3) is 0 Å². The summed E-state index contributed by atoms with van der Waals surface area (Å²) in [6.07, 6.45) is 1.43. The maximum Gasteiger partial charge on any atom is 0.368 e. The van der Waals surface area contributed by atoms with Gasteiger partial charge in [-0.1, -0.05) is 0 Å². The first-order chi connectivity index (χ1) is 3.29. The van der Waals surface area contributed by atoms with Crippen molar-refractivity contribution in [1.82, 2.24) is 0 Å². The van der Waals surface area contributed by atoms with Gasteiger partial charge < -0.3 is 0 Å². The lowest BCUT2D eigenvalue weighted by Gasteiger charge is -1.66. The number of rotatable bonds is 0. The van der Waals surface area contributed by atoms with Crippen LogP contribution in [0.5, 0.6) is 0 Å². The SMILES string of the molecule is O=C1N=CC(I)=N1. The third-order valence-electron chi connectivity index (χ3n) is 0.484. The molecule has 4 heteroatoms. The second-order valence-electron chi connectivity index (χ2n) is 0.975. The van der Waals surface area contributed by atoms with Crippen LogP contribution in [0.4, 0.5) is 4.79 Å². The van der Waals surface area contributed by atoms with E-state index in [0.717, 1.165) is 0 Å². The second-order valence-corrected chi connectivity index (χ2v) is 2.08. The summed E-state index contributed by atoms with van der Waals surface area (Å²) in [7, 11) is 0. The summed E-state index contributed by atoms with van der Waals surface area (Å²) < 4.78 is 0.655. The van der Waals surface area contributed by atoms with Crippen molar-refractivity contribution in [3.63, 3.8) is 0 Å². The van der Waals surface area contributed by atoms with Gasteiger partial charge in [0, 0.05) is 0 Å². The van der Waals surface area contributed by atoms with E-state index in [-0.39, 0.29) is 0 Å². The van der Waals surface area contributed by atoms with Gasteiger partial charge >= 0.3 is 6.03 Å². The van der Waals surface area contributed by atoms with Gasteiger partial charge in [-0.25, -0.2) is 4.79 Å². The molecule has 0 spiro atoms. The van der Waals surface area contributed by atoms with Crippen molar-refractivity contribution in [3.05, 3.63) is 0 Å². The van der Waals surface area contributed by atoms with E-state index in [2.05, 4.69) is 9.98 Å². The molecular formula is C3HIN2O. The van der Waals surface area contributed by atoms with Crippen molar-refractivity contribution in [2.24, 2.45) is 9.98 Å². The first kappa shape index (κ1) is 4.89.